The van der Waals surface area contributed by atoms with Crippen LogP contribution in [0.15, 0.2) is 42.7 Å². The summed E-state index contributed by atoms with van der Waals surface area (Å²) in [5.74, 6) is 0. The second kappa shape index (κ2) is 6.22. The van der Waals surface area contributed by atoms with Crippen molar-refractivity contribution in [1.82, 2.24) is 14.5 Å². The fourth-order valence-corrected chi connectivity index (χ4v) is 4.13. The fraction of sp³-hybridized carbons (Fsp3) is 0.409. The summed E-state index contributed by atoms with van der Waals surface area (Å²) in [6, 6.07) is 11.0. The molecule has 0 saturated carbocycles. The van der Waals surface area contributed by atoms with Crippen LogP contribution in [0.3, 0.4) is 0 Å². The maximum atomic E-state index is 11.2. The van der Waals surface area contributed by atoms with E-state index in [-0.39, 0.29) is 0 Å². The Morgan fingerprint density at radius 2 is 1.96 bits per heavy atom. The highest BCUT2D eigenvalue weighted by Crippen LogP contribution is 2.35. The Labute approximate surface area is 155 Å². The summed E-state index contributed by atoms with van der Waals surface area (Å²) in [6.07, 6.45) is 4.54. The van der Waals surface area contributed by atoms with E-state index in [0.29, 0.717) is 12.6 Å². The molecular formula is C22H27N3O. The molecule has 0 bridgehead atoms. The van der Waals surface area contributed by atoms with E-state index in [0.717, 1.165) is 18.5 Å². The van der Waals surface area contributed by atoms with Gasteiger partial charge < -0.3 is 9.67 Å². The molecule has 0 spiro atoms. The first kappa shape index (κ1) is 17.3. The van der Waals surface area contributed by atoms with Gasteiger partial charge in [0, 0.05) is 41.6 Å². The zero-order valence-electron chi connectivity index (χ0n) is 16.0. The quantitative estimate of drug-likeness (QED) is 0.785. The van der Waals surface area contributed by atoms with Crippen molar-refractivity contribution in [2.24, 2.45) is 0 Å². The Hall–Kier alpha value is -2.17. The summed E-state index contributed by atoms with van der Waals surface area (Å²) in [5, 5.41) is 12.6. The van der Waals surface area contributed by atoms with Crippen LogP contribution in [-0.2, 0) is 25.1 Å². The predicted octanol–water partition coefficient (Wildman–Crippen LogP) is 3.63. The van der Waals surface area contributed by atoms with Gasteiger partial charge >= 0.3 is 0 Å². The minimum absolute atomic E-state index is 0.530. The average molecular weight is 349 g/mol. The van der Waals surface area contributed by atoms with Crippen LogP contribution in [-0.4, -0.2) is 32.6 Å². The van der Waals surface area contributed by atoms with Crippen molar-refractivity contribution in [1.29, 1.82) is 0 Å². The molecule has 2 unspecified atom stereocenters. The molecule has 136 valence electrons. The first-order valence-corrected chi connectivity index (χ1v) is 9.30. The number of hydrogen-bond donors (Lipinski definition) is 1. The molecule has 3 heterocycles. The standard InChI is InChI=1S/C22H27N3O/c1-15-5-6-20-18(11-15)19-12-16(2)24(4)13-21(19)25(20)14-22(3,26)17-7-9-23-10-8-17/h5-11,16,26H,12-14H2,1-4H3. The largest absolute Gasteiger partial charge is 0.384 e. The number of hydrogen-bond acceptors (Lipinski definition) is 3. The van der Waals surface area contributed by atoms with E-state index in [1.54, 1.807) is 12.4 Å². The Balaban J connectivity index is 1.86. The molecule has 1 N–H and O–H groups in total. The number of fused-ring (bicyclic) bond motifs is 3. The van der Waals surface area contributed by atoms with Crippen LogP contribution in [0, 0.1) is 6.92 Å². The average Bonchev–Trinajstić information content (AvgIpc) is 2.88. The van der Waals surface area contributed by atoms with Crippen LogP contribution in [0.2, 0.25) is 0 Å². The molecule has 4 heteroatoms. The monoisotopic (exact) mass is 349 g/mol. The molecule has 3 aromatic rings. The molecule has 0 saturated heterocycles. The summed E-state index contributed by atoms with van der Waals surface area (Å²) in [6.45, 7) is 7.78. The lowest BCUT2D eigenvalue weighted by Crippen LogP contribution is -2.37. The van der Waals surface area contributed by atoms with Crippen LogP contribution < -0.4 is 0 Å². The van der Waals surface area contributed by atoms with Crippen molar-refractivity contribution in [2.45, 2.75) is 51.9 Å². The number of aromatic nitrogens is 2. The fourth-order valence-electron chi connectivity index (χ4n) is 4.13. The summed E-state index contributed by atoms with van der Waals surface area (Å²) < 4.78 is 2.33. The summed E-state index contributed by atoms with van der Waals surface area (Å²) in [7, 11) is 2.18. The van der Waals surface area contributed by atoms with Crippen LogP contribution in [0.1, 0.15) is 36.2 Å². The lowest BCUT2D eigenvalue weighted by molar-refractivity contribution is 0.0377. The van der Waals surface area contributed by atoms with Gasteiger partial charge in [0.05, 0.1) is 6.54 Å². The van der Waals surface area contributed by atoms with Gasteiger partial charge in [-0.05, 0) is 69.6 Å². The summed E-state index contributed by atoms with van der Waals surface area (Å²) in [5.41, 5.74) is 5.23. The van der Waals surface area contributed by atoms with Gasteiger partial charge in [-0.3, -0.25) is 9.88 Å². The molecule has 2 aromatic heterocycles. The van der Waals surface area contributed by atoms with E-state index >= 15 is 0 Å². The summed E-state index contributed by atoms with van der Waals surface area (Å²) in [4.78, 5) is 6.47. The Morgan fingerprint density at radius 1 is 1.23 bits per heavy atom. The molecule has 2 atom stereocenters. The molecule has 0 fully saturated rings. The first-order chi connectivity index (χ1) is 12.4. The third kappa shape index (κ3) is 2.83. The molecule has 4 nitrogen and oxygen atoms in total. The molecular weight excluding hydrogens is 322 g/mol. The van der Waals surface area contributed by atoms with Gasteiger partial charge in [0.1, 0.15) is 5.60 Å². The second-order valence-electron chi connectivity index (χ2n) is 8.01. The number of likely N-dealkylation sites (N-methyl/N-ethyl adjacent to an activating group) is 1. The molecule has 1 aliphatic heterocycles. The number of benzene rings is 1. The van der Waals surface area contributed by atoms with Gasteiger partial charge in [-0.25, -0.2) is 0 Å². The number of pyridine rings is 1. The maximum absolute atomic E-state index is 11.2. The Morgan fingerprint density at radius 3 is 2.69 bits per heavy atom. The molecule has 1 aliphatic rings. The van der Waals surface area contributed by atoms with Gasteiger partial charge in [-0.15, -0.1) is 0 Å². The lowest BCUT2D eigenvalue weighted by Gasteiger charge is -2.32. The minimum atomic E-state index is -0.949. The topological polar surface area (TPSA) is 41.3 Å². The number of nitrogens with zero attached hydrogens (tertiary/aromatic N) is 3. The van der Waals surface area contributed by atoms with Crippen LogP contribution >= 0.6 is 0 Å². The minimum Gasteiger partial charge on any atom is -0.384 e. The van der Waals surface area contributed by atoms with Crippen LogP contribution in [0.4, 0.5) is 0 Å². The Kier molecular flexibility index (Phi) is 4.13. The lowest BCUT2D eigenvalue weighted by atomic mass is 9.96. The zero-order valence-corrected chi connectivity index (χ0v) is 16.0. The van der Waals surface area contributed by atoms with Crippen molar-refractivity contribution in [3.05, 3.63) is 65.1 Å². The molecule has 1 aromatic carbocycles. The van der Waals surface area contributed by atoms with E-state index in [4.69, 9.17) is 0 Å². The first-order valence-electron chi connectivity index (χ1n) is 9.30. The maximum Gasteiger partial charge on any atom is 0.105 e. The molecule has 0 aliphatic carbocycles. The van der Waals surface area contributed by atoms with Gasteiger partial charge in [0.15, 0.2) is 0 Å². The second-order valence-corrected chi connectivity index (χ2v) is 8.01. The SMILES string of the molecule is Cc1ccc2c(c1)c1c(n2CC(C)(O)c2ccncc2)CN(C)C(C)C1. The predicted molar refractivity (Wildman–Crippen MR) is 105 cm³/mol. The highest BCUT2D eigenvalue weighted by atomic mass is 16.3. The highest BCUT2D eigenvalue weighted by molar-refractivity contribution is 5.86. The van der Waals surface area contributed by atoms with Crippen LogP contribution in [0.5, 0.6) is 0 Å². The van der Waals surface area contributed by atoms with Crippen LogP contribution in [0.25, 0.3) is 10.9 Å². The van der Waals surface area contributed by atoms with E-state index in [2.05, 4.69) is 53.5 Å². The number of aryl methyl sites for hydroxylation is 1. The molecule has 26 heavy (non-hydrogen) atoms. The Bertz CT molecular complexity index is 943. The van der Waals surface area contributed by atoms with Crippen molar-refractivity contribution in [2.75, 3.05) is 7.05 Å². The van der Waals surface area contributed by atoms with E-state index in [1.165, 1.54) is 27.7 Å². The third-order valence-electron chi connectivity index (χ3n) is 5.86. The molecule has 0 amide bonds. The smallest absolute Gasteiger partial charge is 0.105 e. The van der Waals surface area contributed by atoms with E-state index in [1.807, 2.05) is 19.1 Å². The van der Waals surface area contributed by atoms with Crippen molar-refractivity contribution in [3.8, 4) is 0 Å². The molecule has 4 rings (SSSR count). The summed E-state index contributed by atoms with van der Waals surface area (Å²) >= 11 is 0. The normalized spacial score (nSPS) is 20.1. The van der Waals surface area contributed by atoms with Gasteiger partial charge in [0.25, 0.3) is 0 Å². The van der Waals surface area contributed by atoms with E-state index in [9.17, 15) is 5.11 Å². The number of aliphatic hydroxyl groups is 1. The number of rotatable bonds is 3. The van der Waals surface area contributed by atoms with Crippen molar-refractivity contribution >= 4 is 10.9 Å². The van der Waals surface area contributed by atoms with E-state index < -0.39 is 5.60 Å². The zero-order chi connectivity index (χ0) is 18.5. The van der Waals surface area contributed by atoms with Crippen molar-refractivity contribution < 1.29 is 5.11 Å². The third-order valence-corrected chi connectivity index (χ3v) is 5.86. The van der Waals surface area contributed by atoms with Gasteiger partial charge in [0.2, 0.25) is 0 Å². The van der Waals surface area contributed by atoms with Gasteiger partial charge in [-0.1, -0.05) is 11.6 Å². The highest BCUT2D eigenvalue weighted by Gasteiger charge is 2.30. The van der Waals surface area contributed by atoms with Gasteiger partial charge in [-0.2, -0.15) is 0 Å². The van der Waals surface area contributed by atoms with Crippen molar-refractivity contribution in [3.63, 3.8) is 0 Å². The molecule has 0 radical (unpaired) electrons.